The predicted octanol–water partition coefficient (Wildman–Crippen LogP) is -1.38. The second kappa shape index (κ2) is 4.13. The average Bonchev–Trinajstić information content (AvgIpc) is 2.26. The summed E-state index contributed by atoms with van der Waals surface area (Å²) in [5.41, 5.74) is -0.929. The van der Waals surface area contributed by atoms with Gasteiger partial charge < -0.3 is 19.3 Å². The lowest BCUT2D eigenvalue weighted by molar-refractivity contribution is -0.125. The van der Waals surface area contributed by atoms with Gasteiger partial charge >= 0.3 is 14.8 Å². The van der Waals surface area contributed by atoms with Crippen molar-refractivity contribution < 1.29 is 24.0 Å². The van der Waals surface area contributed by atoms with Crippen molar-refractivity contribution in [2.24, 2.45) is 0 Å². The molecule has 0 unspecified atom stereocenters. The Balaban J connectivity index is 2.54. The van der Waals surface area contributed by atoms with E-state index in [4.69, 9.17) is 14.4 Å². The number of rotatable bonds is 4. The second-order valence-corrected chi connectivity index (χ2v) is 6.40. The molecule has 0 radical (unpaired) electrons. The van der Waals surface area contributed by atoms with Crippen LogP contribution in [0, 0.1) is 0 Å². The maximum Gasteiger partial charge on any atom is 0.492 e. The summed E-state index contributed by atoms with van der Waals surface area (Å²) < 4.78 is 0. The van der Waals surface area contributed by atoms with E-state index in [1.54, 1.807) is 13.8 Å². The fraction of sp³-hybridized carbons (Fsp3) is 0.750. The van der Waals surface area contributed by atoms with Gasteiger partial charge in [-0.05, 0) is 20.3 Å². The van der Waals surface area contributed by atoms with Crippen LogP contribution in [0.5, 0.6) is 0 Å². The average molecular weight is 248 g/mol. The number of hydrogen-bond donors (Lipinski definition) is 4. The molecule has 7 nitrogen and oxygen atoms in total. The van der Waals surface area contributed by atoms with Gasteiger partial charge in [0.2, 0.25) is 0 Å². The molecule has 0 atom stereocenters. The van der Waals surface area contributed by atoms with E-state index in [0.29, 0.717) is 0 Å². The molecule has 0 spiro atoms. The van der Waals surface area contributed by atoms with Gasteiger partial charge in [0.05, 0.1) is 0 Å². The molecule has 1 rings (SSSR count). The molecule has 16 heavy (non-hydrogen) atoms. The van der Waals surface area contributed by atoms with Gasteiger partial charge in [0.15, 0.2) is 0 Å². The van der Waals surface area contributed by atoms with Gasteiger partial charge in [-0.2, -0.15) is 0 Å². The number of carbonyl (C=O) groups excluding carboxylic acids is 2. The summed E-state index contributed by atoms with van der Waals surface area (Å²) in [7, 11) is -4.06. The molecule has 92 valence electrons. The second-order valence-electron chi connectivity index (χ2n) is 4.35. The molecule has 1 fully saturated rings. The fourth-order valence-corrected chi connectivity index (χ4v) is 2.18. The van der Waals surface area contributed by atoms with E-state index < -0.39 is 20.4 Å². The monoisotopic (exact) mass is 248 g/mol. The van der Waals surface area contributed by atoms with E-state index in [1.807, 2.05) is 0 Å². The summed E-state index contributed by atoms with van der Waals surface area (Å²) in [6.45, 7) is 3.41. The third-order valence-electron chi connectivity index (χ3n) is 2.59. The number of nitrogens with zero attached hydrogens (tertiary/aromatic N) is 1. The highest BCUT2D eigenvalue weighted by Gasteiger charge is 2.45. The minimum absolute atomic E-state index is 0.152. The zero-order valence-electron chi connectivity index (χ0n) is 9.23. The molecular formula is C8H16N2O5Si. The van der Waals surface area contributed by atoms with E-state index >= 15 is 0 Å². The van der Waals surface area contributed by atoms with Gasteiger partial charge in [-0.1, -0.05) is 0 Å². The van der Waals surface area contributed by atoms with E-state index in [-0.39, 0.29) is 24.9 Å². The maximum absolute atomic E-state index is 11.4. The first-order valence-electron chi connectivity index (χ1n) is 4.95. The van der Waals surface area contributed by atoms with Crippen molar-refractivity contribution in [3.8, 4) is 0 Å². The van der Waals surface area contributed by atoms with Crippen LogP contribution in [-0.4, -0.2) is 52.1 Å². The predicted molar refractivity (Wildman–Crippen MR) is 56.2 cm³/mol. The molecule has 0 aromatic carbocycles. The lowest BCUT2D eigenvalue weighted by Crippen LogP contribution is -2.45. The molecule has 0 aromatic heterocycles. The van der Waals surface area contributed by atoms with Gasteiger partial charge in [-0.15, -0.1) is 0 Å². The number of urea groups is 1. The van der Waals surface area contributed by atoms with E-state index in [0.717, 1.165) is 0 Å². The summed E-state index contributed by atoms with van der Waals surface area (Å²) >= 11 is 0. The van der Waals surface area contributed by atoms with Gasteiger partial charge in [-0.3, -0.25) is 10.1 Å². The van der Waals surface area contributed by atoms with Crippen LogP contribution < -0.4 is 5.32 Å². The number of imide groups is 1. The SMILES string of the molecule is CC1(C)C(=O)NC(=O)N1CCC[Si](O)(O)O. The number of hydrogen-bond acceptors (Lipinski definition) is 5. The molecule has 1 aliphatic rings. The molecule has 0 aromatic rings. The summed E-state index contributed by atoms with van der Waals surface area (Å²) in [4.78, 5) is 50.5. The van der Waals surface area contributed by atoms with Crippen molar-refractivity contribution in [1.82, 2.24) is 10.2 Å². The first-order chi connectivity index (χ1) is 7.14. The molecule has 0 aliphatic carbocycles. The highest BCUT2D eigenvalue weighted by Crippen LogP contribution is 2.21. The maximum atomic E-state index is 11.4. The molecule has 1 saturated heterocycles. The smallest absolute Gasteiger partial charge is 0.390 e. The number of carbonyl (C=O) groups is 2. The third kappa shape index (κ3) is 2.79. The van der Waals surface area contributed by atoms with E-state index in [1.165, 1.54) is 4.90 Å². The minimum Gasteiger partial charge on any atom is -0.390 e. The molecule has 4 N–H and O–H groups in total. The Kier molecular flexibility index (Phi) is 3.38. The molecule has 3 amide bonds. The first-order valence-corrected chi connectivity index (χ1v) is 6.99. The van der Waals surface area contributed by atoms with Crippen molar-refractivity contribution in [3.05, 3.63) is 0 Å². The Morgan fingerprint density at radius 3 is 2.25 bits per heavy atom. The van der Waals surface area contributed by atoms with Crippen LogP contribution in [0.2, 0.25) is 6.04 Å². The summed E-state index contributed by atoms with van der Waals surface area (Å²) in [5, 5.41) is 2.18. The highest BCUT2D eigenvalue weighted by atomic mass is 28.4. The first kappa shape index (κ1) is 13.1. The van der Waals surface area contributed by atoms with Crippen LogP contribution in [0.3, 0.4) is 0 Å². The van der Waals surface area contributed by atoms with Gasteiger partial charge in [0, 0.05) is 12.6 Å². The highest BCUT2D eigenvalue weighted by molar-refractivity contribution is 6.56. The normalized spacial score (nSPS) is 20.2. The molecular weight excluding hydrogens is 232 g/mol. The zero-order chi connectivity index (χ0) is 12.6. The summed E-state index contributed by atoms with van der Waals surface area (Å²) in [5.74, 6) is -0.377. The third-order valence-corrected chi connectivity index (χ3v) is 3.61. The van der Waals surface area contributed by atoms with E-state index in [9.17, 15) is 9.59 Å². The van der Waals surface area contributed by atoms with Gasteiger partial charge in [0.1, 0.15) is 5.54 Å². The van der Waals surface area contributed by atoms with Crippen LogP contribution in [0.4, 0.5) is 4.79 Å². The zero-order valence-corrected chi connectivity index (χ0v) is 10.2. The van der Waals surface area contributed by atoms with Gasteiger partial charge in [-0.25, -0.2) is 4.79 Å². The van der Waals surface area contributed by atoms with Crippen molar-refractivity contribution in [2.45, 2.75) is 31.9 Å². The standard InChI is InChI=1S/C8H16N2O5Si/c1-8(2)6(11)9-7(12)10(8)4-3-5-16(13,14)15/h13-15H,3-5H2,1-2H3,(H,9,11,12). The van der Waals surface area contributed by atoms with Crippen molar-refractivity contribution >= 4 is 20.7 Å². The molecule has 1 heterocycles. The topological polar surface area (TPSA) is 110 Å². The molecule has 1 aliphatic heterocycles. The lowest BCUT2D eigenvalue weighted by atomic mass is 10.0. The minimum atomic E-state index is -4.06. The lowest BCUT2D eigenvalue weighted by Gasteiger charge is -2.28. The van der Waals surface area contributed by atoms with Crippen LogP contribution >= 0.6 is 0 Å². The summed E-state index contributed by atoms with van der Waals surface area (Å²) in [6.07, 6.45) is 0.236. The number of nitrogens with one attached hydrogen (secondary N) is 1. The fourth-order valence-electron chi connectivity index (χ4n) is 1.55. The van der Waals surface area contributed by atoms with Gasteiger partial charge in [0.25, 0.3) is 5.91 Å². The van der Waals surface area contributed by atoms with Crippen molar-refractivity contribution in [2.75, 3.05) is 6.54 Å². The summed E-state index contributed by atoms with van der Waals surface area (Å²) in [6, 6.07) is -0.641. The number of amides is 3. The van der Waals surface area contributed by atoms with E-state index in [2.05, 4.69) is 5.32 Å². The van der Waals surface area contributed by atoms with Crippen molar-refractivity contribution in [1.29, 1.82) is 0 Å². The van der Waals surface area contributed by atoms with Crippen LogP contribution in [0.15, 0.2) is 0 Å². The van der Waals surface area contributed by atoms with Crippen molar-refractivity contribution in [3.63, 3.8) is 0 Å². The van der Waals surface area contributed by atoms with Crippen LogP contribution in [-0.2, 0) is 4.79 Å². The molecule has 8 heteroatoms. The van der Waals surface area contributed by atoms with Crippen LogP contribution in [0.1, 0.15) is 20.3 Å². The molecule has 0 saturated carbocycles. The largest absolute Gasteiger partial charge is 0.492 e. The Hall–Kier alpha value is -0.963. The van der Waals surface area contributed by atoms with Crippen LogP contribution in [0.25, 0.3) is 0 Å². The Morgan fingerprint density at radius 2 is 1.88 bits per heavy atom. The Morgan fingerprint density at radius 1 is 1.31 bits per heavy atom. The Bertz CT molecular complexity index is 312. The quantitative estimate of drug-likeness (QED) is 0.362. The molecule has 0 bridgehead atoms. The Labute approximate surface area is 94.1 Å².